The van der Waals surface area contributed by atoms with Crippen LogP contribution in [0.25, 0.3) is 0 Å². The van der Waals surface area contributed by atoms with Crippen molar-refractivity contribution in [2.45, 2.75) is 49.5 Å². The lowest BCUT2D eigenvalue weighted by atomic mass is 10.1. The highest BCUT2D eigenvalue weighted by atomic mass is 32.3. The smallest absolute Gasteiger partial charge is 0.218 e. The van der Waals surface area contributed by atoms with Crippen molar-refractivity contribution < 1.29 is 41.6 Å². The second-order valence-corrected chi connectivity index (χ2v) is 13.2. The Labute approximate surface area is 244 Å². The van der Waals surface area contributed by atoms with Gasteiger partial charge in [0.2, 0.25) is 10.4 Å². The van der Waals surface area contributed by atoms with Crippen molar-refractivity contribution in [1.29, 1.82) is 0 Å². The van der Waals surface area contributed by atoms with Crippen LogP contribution in [0, 0.1) is 0 Å². The zero-order valence-corrected chi connectivity index (χ0v) is 24.2. The van der Waals surface area contributed by atoms with Crippen molar-refractivity contribution >= 4 is 21.3 Å². The van der Waals surface area contributed by atoms with E-state index in [-0.39, 0.29) is 23.2 Å². The minimum absolute atomic E-state index is 0.0799. The number of aliphatic hydroxyl groups excluding tert-OH is 2. The number of aliphatic hydroxyl groups is 2. The van der Waals surface area contributed by atoms with Crippen molar-refractivity contribution in [1.82, 2.24) is 0 Å². The average Bonchev–Trinajstić information content (AvgIpc) is 3.30. The maximum atomic E-state index is 11.2. The first-order chi connectivity index (χ1) is 19.8. The summed E-state index contributed by atoms with van der Waals surface area (Å²) in [6, 6.07) is 29.3. The van der Waals surface area contributed by atoms with Gasteiger partial charge in [-0.15, -0.1) is 0 Å². The highest BCUT2D eigenvalue weighted by Crippen LogP contribution is 2.32. The second kappa shape index (κ2) is 15.8. The lowest BCUT2D eigenvalue weighted by molar-refractivity contribution is -0.0769. The molecule has 4 rings (SSSR count). The quantitative estimate of drug-likeness (QED) is 0.144. The van der Waals surface area contributed by atoms with E-state index in [9.17, 15) is 23.2 Å². The molecular weight excluding hydrogens is 568 g/mol. The van der Waals surface area contributed by atoms with Crippen LogP contribution < -0.4 is 0 Å². The fourth-order valence-corrected chi connectivity index (χ4v) is 8.11. The summed E-state index contributed by atoms with van der Waals surface area (Å²) in [5.41, 5.74) is 3.02. The van der Waals surface area contributed by atoms with Crippen LogP contribution in [-0.4, -0.2) is 77.6 Å². The number of ether oxygens (including phenoxy) is 3. The molecule has 2 N–H and O–H groups in total. The van der Waals surface area contributed by atoms with Crippen LogP contribution in [0.2, 0.25) is 0 Å². The summed E-state index contributed by atoms with van der Waals surface area (Å²) in [5.74, 6) is 0.599. The molecule has 11 heteroatoms. The van der Waals surface area contributed by atoms with Crippen LogP contribution in [-0.2, 0) is 59.5 Å². The SMILES string of the molecule is O=S(=O)([O-])O[C@@H](CO)[C@H](O)C[S+]1C[C@@H](OCc2ccccc2)[C@H](OCc2ccccc2)[C@H]1COCc1ccccc1. The predicted octanol–water partition coefficient (Wildman–Crippen LogP) is 2.57. The van der Waals surface area contributed by atoms with Gasteiger partial charge in [0.25, 0.3) is 0 Å². The van der Waals surface area contributed by atoms with Crippen LogP contribution in [0.3, 0.4) is 0 Å². The first-order valence-electron chi connectivity index (χ1n) is 13.3. The fraction of sp³-hybridized carbons (Fsp3) is 0.400. The molecule has 0 aliphatic carbocycles. The van der Waals surface area contributed by atoms with Crippen molar-refractivity contribution in [2.75, 3.05) is 24.7 Å². The topological polar surface area (TPSA) is 135 Å². The molecule has 6 atom stereocenters. The fourth-order valence-electron chi connectivity index (χ4n) is 4.70. The Morgan fingerprint density at radius 1 is 0.829 bits per heavy atom. The number of hydrogen-bond donors (Lipinski definition) is 2. The summed E-state index contributed by atoms with van der Waals surface area (Å²) in [5, 5.41) is 20.3. The third kappa shape index (κ3) is 10.2. The first-order valence-corrected chi connectivity index (χ1v) is 16.3. The molecule has 41 heavy (non-hydrogen) atoms. The van der Waals surface area contributed by atoms with Crippen LogP contribution in [0.15, 0.2) is 91.0 Å². The van der Waals surface area contributed by atoms with Crippen molar-refractivity contribution in [2.24, 2.45) is 0 Å². The van der Waals surface area contributed by atoms with E-state index in [0.717, 1.165) is 16.7 Å². The Kier molecular flexibility index (Phi) is 12.2. The van der Waals surface area contributed by atoms with Crippen molar-refractivity contribution in [3.05, 3.63) is 108 Å². The zero-order valence-electron chi connectivity index (χ0n) is 22.6. The molecule has 1 heterocycles. The maximum absolute atomic E-state index is 11.2. The normalized spacial score (nSPS) is 22.4. The maximum Gasteiger partial charge on any atom is 0.218 e. The van der Waals surface area contributed by atoms with Gasteiger partial charge in [0, 0.05) is 10.9 Å². The standard InChI is InChI=1S/C30H36O9S2/c31-16-27(39-41(33,34)35)26(32)21-40-22-28(37-18-24-12-6-2-7-13-24)30(38-19-25-14-8-3-9-15-25)29(40)20-36-17-23-10-4-1-5-11-23/h1-15,26-32H,16-22H2/t26-,27+,28-,29-,30+,40?/m1/s1. The summed E-state index contributed by atoms with van der Waals surface area (Å²) in [6.07, 6.45) is -3.69. The Balaban J connectivity index is 1.53. The molecule has 1 saturated heterocycles. The number of benzene rings is 3. The minimum Gasteiger partial charge on any atom is -0.726 e. The molecule has 0 bridgehead atoms. The molecule has 1 aliphatic rings. The van der Waals surface area contributed by atoms with E-state index in [1.54, 1.807) is 0 Å². The lowest BCUT2D eigenvalue weighted by Gasteiger charge is -2.24. The zero-order chi connectivity index (χ0) is 29.1. The van der Waals surface area contributed by atoms with Gasteiger partial charge in [-0.25, -0.2) is 8.42 Å². The Bertz CT molecular complexity index is 1260. The van der Waals surface area contributed by atoms with Gasteiger partial charge >= 0.3 is 0 Å². The van der Waals surface area contributed by atoms with Crippen molar-refractivity contribution in [3.8, 4) is 0 Å². The van der Waals surface area contributed by atoms with E-state index in [1.165, 1.54) is 0 Å². The van der Waals surface area contributed by atoms with Gasteiger partial charge in [0.1, 0.15) is 35.9 Å². The summed E-state index contributed by atoms with van der Waals surface area (Å²) >= 11 is 0. The summed E-state index contributed by atoms with van der Waals surface area (Å²) in [4.78, 5) is 0. The Hall–Kier alpha value is -2.32. The first kappa shape index (κ1) is 31.6. The van der Waals surface area contributed by atoms with Crippen LogP contribution >= 0.6 is 0 Å². The van der Waals surface area contributed by atoms with Gasteiger partial charge in [0.05, 0.1) is 33.0 Å². The third-order valence-corrected chi connectivity index (χ3v) is 10.0. The molecule has 0 amide bonds. The molecule has 3 aromatic rings. The number of hydrogen-bond acceptors (Lipinski definition) is 9. The van der Waals surface area contributed by atoms with Gasteiger partial charge in [0.15, 0.2) is 5.25 Å². The van der Waals surface area contributed by atoms with Gasteiger partial charge < -0.3 is 29.0 Å². The molecule has 222 valence electrons. The summed E-state index contributed by atoms with van der Waals surface area (Å²) in [7, 11) is -5.71. The third-order valence-electron chi connectivity index (χ3n) is 6.76. The van der Waals surface area contributed by atoms with E-state index in [1.807, 2.05) is 91.0 Å². The average molecular weight is 605 g/mol. The van der Waals surface area contributed by atoms with E-state index in [0.29, 0.717) is 32.2 Å². The van der Waals surface area contributed by atoms with Gasteiger partial charge in [-0.3, -0.25) is 4.18 Å². The molecule has 1 fully saturated rings. The van der Waals surface area contributed by atoms with E-state index in [4.69, 9.17) is 14.2 Å². The molecule has 1 aliphatic heterocycles. The largest absolute Gasteiger partial charge is 0.726 e. The monoisotopic (exact) mass is 604 g/mol. The molecule has 0 spiro atoms. The van der Waals surface area contributed by atoms with E-state index in [2.05, 4.69) is 4.18 Å². The predicted molar refractivity (Wildman–Crippen MR) is 155 cm³/mol. The van der Waals surface area contributed by atoms with Crippen LogP contribution in [0.5, 0.6) is 0 Å². The molecule has 0 radical (unpaired) electrons. The molecule has 0 aromatic heterocycles. The minimum atomic E-state index is -5.11. The molecule has 0 saturated carbocycles. The highest BCUT2D eigenvalue weighted by Gasteiger charge is 2.53. The van der Waals surface area contributed by atoms with Crippen molar-refractivity contribution in [3.63, 3.8) is 0 Å². The Morgan fingerprint density at radius 2 is 1.34 bits per heavy atom. The summed E-state index contributed by atoms with van der Waals surface area (Å²) in [6.45, 7) is 0.582. The molecule has 9 nitrogen and oxygen atoms in total. The van der Waals surface area contributed by atoms with Gasteiger partial charge in [-0.1, -0.05) is 91.0 Å². The Morgan fingerprint density at radius 3 is 1.85 bits per heavy atom. The van der Waals surface area contributed by atoms with Gasteiger partial charge in [-0.2, -0.15) is 0 Å². The second-order valence-electron chi connectivity index (χ2n) is 9.80. The lowest BCUT2D eigenvalue weighted by Crippen LogP contribution is -2.43. The number of rotatable bonds is 16. The molecular formula is C30H36O9S2. The van der Waals surface area contributed by atoms with E-state index >= 15 is 0 Å². The van der Waals surface area contributed by atoms with Gasteiger partial charge in [-0.05, 0) is 16.7 Å². The molecule has 3 aromatic carbocycles. The summed E-state index contributed by atoms with van der Waals surface area (Å²) < 4.78 is 56.9. The van der Waals surface area contributed by atoms with Crippen LogP contribution in [0.4, 0.5) is 0 Å². The molecule has 1 unspecified atom stereocenters. The van der Waals surface area contributed by atoms with E-state index < -0.39 is 40.1 Å². The van der Waals surface area contributed by atoms with Crippen LogP contribution in [0.1, 0.15) is 16.7 Å². The highest BCUT2D eigenvalue weighted by molar-refractivity contribution is 7.97.